The van der Waals surface area contributed by atoms with E-state index in [0.29, 0.717) is 5.92 Å². The summed E-state index contributed by atoms with van der Waals surface area (Å²) in [5.74, 6) is 5.96. The molecule has 1 aromatic carbocycles. The van der Waals surface area contributed by atoms with Gasteiger partial charge in [-0.15, -0.1) is 0 Å². The Labute approximate surface area is 104 Å². The van der Waals surface area contributed by atoms with Crippen LogP contribution in [0.4, 0.5) is 4.39 Å². The first kappa shape index (κ1) is 12.0. The van der Waals surface area contributed by atoms with Gasteiger partial charge < -0.3 is 0 Å². The Kier molecular flexibility index (Phi) is 3.95. The van der Waals surface area contributed by atoms with Crippen LogP contribution in [0.1, 0.15) is 37.3 Å². The van der Waals surface area contributed by atoms with Crippen LogP contribution < -0.4 is 11.3 Å². The van der Waals surface area contributed by atoms with Crippen molar-refractivity contribution in [2.24, 2.45) is 11.8 Å². The lowest BCUT2D eigenvalue weighted by atomic mass is 9.92. The summed E-state index contributed by atoms with van der Waals surface area (Å²) in [7, 11) is 0. The van der Waals surface area contributed by atoms with E-state index in [9.17, 15) is 4.39 Å². The van der Waals surface area contributed by atoms with Crippen LogP contribution in [-0.4, -0.2) is 0 Å². The van der Waals surface area contributed by atoms with Gasteiger partial charge in [0, 0.05) is 10.5 Å². The average Bonchev–Trinajstić information content (AvgIpc) is 2.75. The van der Waals surface area contributed by atoms with Gasteiger partial charge in [0.2, 0.25) is 0 Å². The van der Waals surface area contributed by atoms with Crippen LogP contribution >= 0.6 is 15.9 Å². The second kappa shape index (κ2) is 5.25. The quantitative estimate of drug-likeness (QED) is 0.661. The number of benzene rings is 1. The second-order valence-electron chi connectivity index (χ2n) is 4.35. The summed E-state index contributed by atoms with van der Waals surface area (Å²) < 4.78 is 13.8. The lowest BCUT2D eigenvalue weighted by molar-refractivity contribution is 0.372. The first-order chi connectivity index (χ1) is 7.72. The number of hydrogen-bond donors (Lipinski definition) is 2. The van der Waals surface area contributed by atoms with E-state index in [1.54, 1.807) is 0 Å². The van der Waals surface area contributed by atoms with E-state index in [1.165, 1.54) is 37.8 Å². The predicted octanol–water partition coefficient (Wildman–Crippen LogP) is 3.28. The van der Waals surface area contributed by atoms with Crippen molar-refractivity contribution in [3.63, 3.8) is 0 Å². The topological polar surface area (TPSA) is 38.0 Å². The van der Waals surface area contributed by atoms with Gasteiger partial charge in [-0.3, -0.25) is 11.3 Å². The molecular formula is C12H16BrFN2. The molecule has 0 aromatic heterocycles. The molecule has 0 saturated heterocycles. The Morgan fingerprint density at radius 2 is 2.06 bits per heavy atom. The molecule has 1 unspecified atom stereocenters. The summed E-state index contributed by atoms with van der Waals surface area (Å²) in [5.41, 5.74) is 3.92. The average molecular weight is 287 g/mol. The van der Waals surface area contributed by atoms with Crippen molar-refractivity contribution in [1.29, 1.82) is 0 Å². The van der Waals surface area contributed by atoms with Gasteiger partial charge in [-0.1, -0.05) is 34.8 Å². The van der Waals surface area contributed by atoms with Gasteiger partial charge in [0.15, 0.2) is 0 Å². The normalized spacial score (nSPS) is 18.9. The van der Waals surface area contributed by atoms with E-state index in [1.807, 2.05) is 6.07 Å². The molecule has 1 aromatic rings. The van der Waals surface area contributed by atoms with Crippen molar-refractivity contribution in [3.8, 4) is 0 Å². The number of rotatable bonds is 3. The SMILES string of the molecule is NNC(c1ccc(F)cc1Br)C1CCCC1. The molecule has 4 heteroatoms. The van der Waals surface area contributed by atoms with Gasteiger partial charge >= 0.3 is 0 Å². The summed E-state index contributed by atoms with van der Waals surface area (Å²) in [6, 6.07) is 4.91. The molecule has 2 nitrogen and oxygen atoms in total. The summed E-state index contributed by atoms with van der Waals surface area (Å²) in [6.45, 7) is 0. The molecule has 1 fully saturated rings. The molecule has 0 radical (unpaired) electrons. The van der Waals surface area contributed by atoms with Crippen LogP contribution in [0.2, 0.25) is 0 Å². The summed E-state index contributed by atoms with van der Waals surface area (Å²) in [6.07, 6.45) is 4.92. The fraction of sp³-hybridized carbons (Fsp3) is 0.500. The Morgan fingerprint density at radius 3 is 2.62 bits per heavy atom. The molecule has 16 heavy (non-hydrogen) atoms. The minimum atomic E-state index is -0.224. The largest absolute Gasteiger partial charge is 0.271 e. The standard InChI is InChI=1S/C12H16BrFN2/c13-11-7-9(14)5-6-10(11)12(16-15)8-3-1-2-4-8/h5-8,12,16H,1-4,15H2. The van der Waals surface area contributed by atoms with Crippen molar-refractivity contribution in [2.75, 3.05) is 0 Å². The van der Waals surface area contributed by atoms with Gasteiger partial charge in [0.25, 0.3) is 0 Å². The van der Waals surface area contributed by atoms with Gasteiger partial charge in [-0.05, 0) is 36.5 Å². The van der Waals surface area contributed by atoms with E-state index in [2.05, 4.69) is 21.4 Å². The molecule has 3 N–H and O–H groups in total. The highest BCUT2D eigenvalue weighted by Gasteiger charge is 2.26. The van der Waals surface area contributed by atoms with Crippen molar-refractivity contribution < 1.29 is 4.39 Å². The zero-order valence-electron chi connectivity index (χ0n) is 9.05. The van der Waals surface area contributed by atoms with E-state index in [4.69, 9.17) is 5.84 Å². The molecule has 2 rings (SSSR count). The lowest BCUT2D eigenvalue weighted by Crippen LogP contribution is -2.32. The van der Waals surface area contributed by atoms with Gasteiger partial charge in [-0.2, -0.15) is 0 Å². The van der Waals surface area contributed by atoms with E-state index in [0.717, 1.165) is 10.0 Å². The maximum Gasteiger partial charge on any atom is 0.124 e. The van der Waals surface area contributed by atoms with Crippen LogP contribution in [-0.2, 0) is 0 Å². The van der Waals surface area contributed by atoms with Crippen LogP contribution in [0.25, 0.3) is 0 Å². The summed E-state index contributed by atoms with van der Waals surface area (Å²) in [4.78, 5) is 0. The number of nitrogens with two attached hydrogens (primary N) is 1. The summed E-state index contributed by atoms with van der Waals surface area (Å²) in [5, 5.41) is 0. The third-order valence-corrected chi connectivity index (χ3v) is 4.04. The summed E-state index contributed by atoms with van der Waals surface area (Å²) >= 11 is 3.40. The van der Waals surface area contributed by atoms with Crippen LogP contribution in [0.5, 0.6) is 0 Å². The van der Waals surface area contributed by atoms with Crippen LogP contribution in [0.15, 0.2) is 22.7 Å². The van der Waals surface area contributed by atoms with Crippen molar-refractivity contribution in [2.45, 2.75) is 31.7 Å². The zero-order valence-corrected chi connectivity index (χ0v) is 10.6. The molecule has 1 aliphatic rings. The molecule has 0 bridgehead atoms. The second-order valence-corrected chi connectivity index (χ2v) is 5.21. The fourth-order valence-corrected chi connectivity index (χ4v) is 3.12. The lowest BCUT2D eigenvalue weighted by Gasteiger charge is -2.24. The number of halogens is 2. The first-order valence-corrected chi connectivity index (χ1v) is 6.42. The van der Waals surface area contributed by atoms with Gasteiger partial charge in [0.05, 0.1) is 0 Å². The van der Waals surface area contributed by atoms with Gasteiger partial charge in [0.1, 0.15) is 5.82 Å². The molecule has 88 valence electrons. The molecule has 1 aliphatic carbocycles. The molecule has 0 aliphatic heterocycles. The third kappa shape index (κ3) is 2.44. The van der Waals surface area contributed by atoms with E-state index < -0.39 is 0 Å². The highest BCUT2D eigenvalue weighted by Crippen LogP contribution is 2.37. The van der Waals surface area contributed by atoms with E-state index in [-0.39, 0.29) is 11.9 Å². The number of nitrogens with one attached hydrogen (secondary N) is 1. The Bertz CT molecular complexity index is 364. The molecule has 0 amide bonds. The maximum absolute atomic E-state index is 13.0. The Balaban J connectivity index is 2.25. The minimum Gasteiger partial charge on any atom is -0.271 e. The molecule has 0 spiro atoms. The molecule has 1 saturated carbocycles. The zero-order chi connectivity index (χ0) is 11.5. The van der Waals surface area contributed by atoms with Crippen molar-refractivity contribution >= 4 is 15.9 Å². The fourth-order valence-electron chi connectivity index (χ4n) is 2.52. The predicted molar refractivity (Wildman–Crippen MR) is 66.1 cm³/mol. The van der Waals surface area contributed by atoms with Crippen LogP contribution in [0.3, 0.4) is 0 Å². The Hall–Kier alpha value is -0.450. The third-order valence-electron chi connectivity index (χ3n) is 3.35. The number of hydrazine groups is 1. The smallest absolute Gasteiger partial charge is 0.124 e. The highest BCUT2D eigenvalue weighted by molar-refractivity contribution is 9.10. The number of hydrogen-bond acceptors (Lipinski definition) is 2. The Morgan fingerprint density at radius 1 is 1.38 bits per heavy atom. The van der Waals surface area contributed by atoms with E-state index >= 15 is 0 Å². The van der Waals surface area contributed by atoms with Gasteiger partial charge in [-0.25, -0.2) is 4.39 Å². The molecular weight excluding hydrogens is 271 g/mol. The molecule has 1 atom stereocenters. The minimum absolute atomic E-state index is 0.123. The van der Waals surface area contributed by atoms with Crippen molar-refractivity contribution in [3.05, 3.63) is 34.1 Å². The first-order valence-electron chi connectivity index (χ1n) is 5.63. The molecule has 0 heterocycles. The van der Waals surface area contributed by atoms with Crippen molar-refractivity contribution in [1.82, 2.24) is 5.43 Å². The monoisotopic (exact) mass is 286 g/mol. The highest BCUT2D eigenvalue weighted by atomic mass is 79.9. The van der Waals surface area contributed by atoms with Crippen LogP contribution in [0, 0.1) is 11.7 Å². The maximum atomic E-state index is 13.0.